The minimum atomic E-state index is -4.01. The fraction of sp³-hybridized carbons (Fsp3) is 0.667. The van der Waals surface area contributed by atoms with Crippen LogP contribution in [0.15, 0.2) is 0 Å². The quantitative estimate of drug-likeness (QED) is 0.440. The SMILES string of the molecule is COC(=S)NCS(=O)(=O)O. The van der Waals surface area contributed by atoms with Gasteiger partial charge in [0.05, 0.1) is 7.11 Å². The Morgan fingerprint density at radius 3 is 2.60 bits per heavy atom. The van der Waals surface area contributed by atoms with E-state index in [4.69, 9.17) is 4.55 Å². The zero-order valence-electron chi connectivity index (χ0n) is 5.20. The third-order valence-corrected chi connectivity index (χ3v) is 1.40. The molecule has 60 valence electrons. The summed E-state index contributed by atoms with van der Waals surface area (Å²) in [6.07, 6.45) is 0. The van der Waals surface area contributed by atoms with E-state index in [9.17, 15) is 8.42 Å². The van der Waals surface area contributed by atoms with E-state index < -0.39 is 16.0 Å². The van der Waals surface area contributed by atoms with Gasteiger partial charge in [0.2, 0.25) is 0 Å². The summed E-state index contributed by atoms with van der Waals surface area (Å²) < 4.78 is 32.6. The molecule has 0 aliphatic carbocycles. The zero-order chi connectivity index (χ0) is 8.20. The molecule has 0 saturated heterocycles. The van der Waals surface area contributed by atoms with Crippen molar-refractivity contribution in [3.05, 3.63) is 0 Å². The van der Waals surface area contributed by atoms with Crippen LogP contribution >= 0.6 is 12.2 Å². The predicted molar refractivity (Wildman–Crippen MR) is 39.2 cm³/mol. The topological polar surface area (TPSA) is 75.6 Å². The summed E-state index contributed by atoms with van der Waals surface area (Å²) in [6, 6.07) is 0. The van der Waals surface area contributed by atoms with Crippen LogP contribution < -0.4 is 5.32 Å². The van der Waals surface area contributed by atoms with E-state index in [0.29, 0.717) is 0 Å². The molecule has 10 heavy (non-hydrogen) atoms. The first kappa shape index (κ1) is 9.60. The fourth-order valence-corrected chi connectivity index (χ4v) is 0.699. The molecule has 5 nitrogen and oxygen atoms in total. The van der Waals surface area contributed by atoms with Crippen LogP contribution in [0.5, 0.6) is 0 Å². The van der Waals surface area contributed by atoms with Gasteiger partial charge >= 0.3 is 0 Å². The summed E-state index contributed by atoms with van der Waals surface area (Å²) in [5.74, 6) is -0.625. The Balaban J connectivity index is 3.67. The van der Waals surface area contributed by atoms with Crippen molar-refractivity contribution in [1.82, 2.24) is 5.32 Å². The molecule has 7 heteroatoms. The van der Waals surface area contributed by atoms with Crippen LogP contribution in [0.25, 0.3) is 0 Å². The standard InChI is InChI=1S/C3H7NO4S2/c1-8-3(9)4-2-10(5,6)7/h2H2,1H3,(H,4,9)(H,5,6,7). The molecule has 0 atom stereocenters. The minimum absolute atomic E-state index is 0.0716. The van der Waals surface area contributed by atoms with Gasteiger partial charge in [0.25, 0.3) is 15.3 Å². The van der Waals surface area contributed by atoms with Gasteiger partial charge in [-0.25, -0.2) is 0 Å². The Morgan fingerprint density at radius 2 is 2.30 bits per heavy atom. The van der Waals surface area contributed by atoms with Gasteiger partial charge in [-0.2, -0.15) is 8.42 Å². The molecular weight excluding hydrogens is 178 g/mol. The number of thiocarbonyl (C=S) groups is 1. The Labute approximate surface area is 64.1 Å². The second kappa shape index (κ2) is 3.69. The first-order valence-electron chi connectivity index (χ1n) is 2.22. The molecule has 0 aromatic carbocycles. The molecule has 0 heterocycles. The Hall–Kier alpha value is -0.400. The van der Waals surface area contributed by atoms with E-state index in [2.05, 4.69) is 22.3 Å². The highest BCUT2D eigenvalue weighted by Gasteiger charge is 2.03. The van der Waals surface area contributed by atoms with Crippen LogP contribution in [0.3, 0.4) is 0 Å². The highest BCUT2D eigenvalue weighted by Crippen LogP contribution is 1.78. The lowest BCUT2D eigenvalue weighted by molar-refractivity contribution is 0.394. The molecular formula is C3H7NO4S2. The van der Waals surface area contributed by atoms with Crippen LogP contribution in [-0.2, 0) is 14.9 Å². The maximum absolute atomic E-state index is 10.0. The minimum Gasteiger partial charge on any atom is -0.474 e. The molecule has 0 rings (SSSR count). The zero-order valence-corrected chi connectivity index (χ0v) is 6.83. The van der Waals surface area contributed by atoms with Crippen molar-refractivity contribution in [2.24, 2.45) is 0 Å². The molecule has 0 aliphatic rings. The van der Waals surface area contributed by atoms with E-state index >= 15 is 0 Å². The number of methoxy groups -OCH3 is 1. The van der Waals surface area contributed by atoms with Crippen molar-refractivity contribution < 1.29 is 17.7 Å². The molecule has 0 aliphatic heterocycles. The second-order valence-electron chi connectivity index (χ2n) is 1.39. The summed E-state index contributed by atoms with van der Waals surface area (Å²) in [4.78, 5) is 0. The number of hydrogen-bond acceptors (Lipinski definition) is 4. The molecule has 0 aromatic heterocycles. The first-order valence-corrected chi connectivity index (χ1v) is 4.24. The van der Waals surface area contributed by atoms with E-state index in [0.717, 1.165) is 0 Å². The lowest BCUT2D eigenvalue weighted by atomic mass is 11.1. The Bertz CT molecular complexity index is 209. The van der Waals surface area contributed by atoms with Gasteiger partial charge in [-0.3, -0.25) is 4.55 Å². The average Bonchev–Trinajstić information content (AvgIpc) is 1.81. The van der Waals surface area contributed by atoms with Crippen LogP contribution in [0.4, 0.5) is 0 Å². The number of nitrogens with one attached hydrogen (secondary N) is 1. The van der Waals surface area contributed by atoms with Gasteiger partial charge in [0.1, 0.15) is 5.88 Å². The number of hydrogen-bond donors (Lipinski definition) is 2. The normalized spacial score (nSPS) is 10.6. The van der Waals surface area contributed by atoms with Crippen LogP contribution in [0.1, 0.15) is 0 Å². The summed E-state index contributed by atoms with van der Waals surface area (Å²) in [5, 5.41) is 2.07. The van der Waals surface area contributed by atoms with Crippen molar-refractivity contribution in [3.8, 4) is 0 Å². The largest absolute Gasteiger partial charge is 0.474 e. The summed E-state index contributed by atoms with van der Waals surface area (Å²) in [7, 11) is -2.72. The maximum atomic E-state index is 10.0. The molecule has 2 N–H and O–H groups in total. The van der Waals surface area contributed by atoms with E-state index in [1.165, 1.54) is 7.11 Å². The number of ether oxygens (including phenoxy) is 1. The van der Waals surface area contributed by atoms with Gasteiger partial charge in [0, 0.05) is 0 Å². The van der Waals surface area contributed by atoms with Crippen LogP contribution in [0.2, 0.25) is 0 Å². The molecule has 0 spiro atoms. The fourth-order valence-electron chi connectivity index (χ4n) is 0.222. The van der Waals surface area contributed by atoms with Crippen molar-refractivity contribution in [1.29, 1.82) is 0 Å². The van der Waals surface area contributed by atoms with Crippen molar-refractivity contribution in [3.63, 3.8) is 0 Å². The second-order valence-corrected chi connectivity index (χ2v) is 3.22. The predicted octanol–water partition coefficient (Wildman–Crippen LogP) is -0.647. The first-order chi connectivity index (χ1) is 4.45. The molecule has 0 aromatic rings. The third kappa shape index (κ3) is 5.73. The van der Waals surface area contributed by atoms with Gasteiger partial charge in [-0.05, 0) is 12.2 Å². The van der Waals surface area contributed by atoms with Gasteiger partial charge in [-0.15, -0.1) is 0 Å². The molecule has 0 saturated carbocycles. The van der Waals surface area contributed by atoms with Gasteiger partial charge in [-0.1, -0.05) is 0 Å². The van der Waals surface area contributed by atoms with Crippen LogP contribution in [0, 0.1) is 0 Å². The van der Waals surface area contributed by atoms with Gasteiger partial charge in [0.15, 0.2) is 0 Å². The molecule has 0 bridgehead atoms. The van der Waals surface area contributed by atoms with Crippen molar-refractivity contribution >= 4 is 27.5 Å². The molecule has 0 unspecified atom stereocenters. The molecule has 0 radical (unpaired) electrons. The smallest absolute Gasteiger partial charge is 0.283 e. The highest BCUT2D eigenvalue weighted by molar-refractivity contribution is 7.85. The van der Waals surface area contributed by atoms with Crippen molar-refractivity contribution in [2.75, 3.05) is 13.0 Å². The van der Waals surface area contributed by atoms with Crippen LogP contribution in [-0.4, -0.2) is 31.1 Å². The van der Waals surface area contributed by atoms with E-state index in [1.807, 2.05) is 0 Å². The summed E-state index contributed by atoms with van der Waals surface area (Å²) >= 11 is 4.41. The summed E-state index contributed by atoms with van der Waals surface area (Å²) in [5.41, 5.74) is 0. The molecule has 0 amide bonds. The monoisotopic (exact) mass is 185 g/mol. The third-order valence-electron chi connectivity index (χ3n) is 0.584. The lowest BCUT2D eigenvalue weighted by Gasteiger charge is -2.02. The highest BCUT2D eigenvalue weighted by atomic mass is 32.2. The Kier molecular flexibility index (Phi) is 3.54. The Morgan fingerprint density at radius 1 is 1.80 bits per heavy atom. The van der Waals surface area contributed by atoms with E-state index in [1.54, 1.807) is 0 Å². The van der Waals surface area contributed by atoms with Crippen molar-refractivity contribution in [2.45, 2.75) is 0 Å². The maximum Gasteiger partial charge on any atom is 0.283 e. The average molecular weight is 185 g/mol. The molecule has 0 fully saturated rings. The van der Waals surface area contributed by atoms with E-state index in [-0.39, 0.29) is 5.17 Å². The number of rotatable bonds is 2. The lowest BCUT2D eigenvalue weighted by Crippen LogP contribution is -2.28. The summed E-state index contributed by atoms with van der Waals surface area (Å²) in [6.45, 7) is 0. The van der Waals surface area contributed by atoms with Gasteiger partial charge < -0.3 is 10.1 Å².